The van der Waals surface area contributed by atoms with Crippen LogP contribution in [-0.2, 0) is 4.74 Å². The number of ether oxygens (including phenoxy) is 1. The number of carbonyl (C=O) groups excluding carboxylic acids is 1. The zero-order chi connectivity index (χ0) is 8.97. The molecule has 0 saturated carbocycles. The summed E-state index contributed by atoms with van der Waals surface area (Å²) in [6.07, 6.45) is 2.70. The van der Waals surface area contributed by atoms with Gasteiger partial charge in [0.2, 0.25) is 0 Å². The molecule has 1 atom stereocenters. The number of amides is 1. The third kappa shape index (κ3) is 2.02. The van der Waals surface area contributed by atoms with Gasteiger partial charge in [-0.3, -0.25) is 0 Å². The Morgan fingerprint density at radius 2 is 2.50 bits per heavy atom. The van der Waals surface area contributed by atoms with Gasteiger partial charge in [-0.2, -0.15) is 0 Å². The van der Waals surface area contributed by atoms with Crippen molar-refractivity contribution in [3.63, 3.8) is 0 Å². The van der Waals surface area contributed by atoms with Gasteiger partial charge in [-0.25, -0.2) is 4.79 Å². The van der Waals surface area contributed by atoms with Crippen molar-refractivity contribution < 1.29 is 13.9 Å². The number of furan rings is 1. The summed E-state index contributed by atoms with van der Waals surface area (Å²) in [5.41, 5.74) is 0.917. The first kappa shape index (κ1) is 8.64. The van der Waals surface area contributed by atoms with Crippen LogP contribution < -0.4 is 5.32 Å². The molecule has 12 heavy (non-hydrogen) atoms. The Morgan fingerprint density at radius 3 is 3.00 bits per heavy atom. The molecule has 1 N–H and O–H groups in total. The van der Waals surface area contributed by atoms with Gasteiger partial charge in [-0.1, -0.05) is 0 Å². The minimum absolute atomic E-state index is 0.0869. The van der Waals surface area contributed by atoms with Crippen molar-refractivity contribution >= 4 is 6.09 Å². The first-order valence-electron chi connectivity index (χ1n) is 3.60. The van der Waals surface area contributed by atoms with Crippen molar-refractivity contribution in [1.82, 2.24) is 5.32 Å². The maximum Gasteiger partial charge on any atom is 0.407 e. The van der Waals surface area contributed by atoms with Crippen molar-refractivity contribution in [2.24, 2.45) is 0 Å². The highest BCUT2D eigenvalue weighted by atomic mass is 16.5. The van der Waals surface area contributed by atoms with E-state index in [4.69, 9.17) is 4.42 Å². The highest BCUT2D eigenvalue weighted by Gasteiger charge is 2.09. The number of rotatable bonds is 2. The summed E-state index contributed by atoms with van der Waals surface area (Å²) >= 11 is 0. The third-order valence-electron chi connectivity index (χ3n) is 1.56. The van der Waals surface area contributed by atoms with E-state index in [1.54, 1.807) is 18.6 Å². The topological polar surface area (TPSA) is 51.5 Å². The summed E-state index contributed by atoms with van der Waals surface area (Å²) in [4.78, 5) is 10.8. The van der Waals surface area contributed by atoms with Crippen LogP contribution in [0.3, 0.4) is 0 Å². The zero-order valence-corrected chi connectivity index (χ0v) is 7.03. The zero-order valence-electron chi connectivity index (χ0n) is 7.03. The van der Waals surface area contributed by atoms with Gasteiger partial charge >= 0.3 is 6.09 Å². The summed E-state index contributed by atoms with van der Waals surface area (Å²) in [5.74, 6) is 0. The molecule has 66 valence electrons. The number of nitrogens with one attached hydrogen (secondary N) is 1. The van der Waals surface area contributed by atoms with Gasteiger partial charge in [0, 0.05) is 5.56 Å². The highest BCUT2D eigenvalue weighted by molar-refractivity contribution is 5.67. The molecule has 1 aromatic rings. The Bertz CT molecular complexity index is 243. The molecule has 1 amide bonds. The molecule has 0 spiro atoms. The molecule has 1 unspecified atom stereocenters. The fourth-order valence-electron chi connectivity index (χ4n) is 0.840. The van der Waals surface area contributed by atoms with Crippen molar-refractivity contribution in [3.8, 4) is 0 Å². The van der Waals surface area contributed by atoms with Crippen LogP contribution in [0.4, 0.5) is 4.79 Å². The fourth-order valence-corrected chi connectivity index (χ4v) is 0.840. The molecule has 0 aliphatic rings. The van der Waals surface area contributed by atoms with Gasteiger partial charge in [0.15, 0.2) is 0 Å². The summed E-state index contributed by atoms with van der Waals surface area (Å²) in [6, 6.07) is 1.71. The van der Waals surface area contributed by atoms with Crippen molar-refractivity contribution in [2.75, 3.05) is 7.11 Å². The quantitative estimate of drug-likeness (QED) is 0.733. The fraction of sp³-hybridized carbons (Fsp3) is 0.375. The summed E-state index contributed by atoms with van der Waals surface area (Å²) in [7, 11) is 1.33. The lowest BCUT2D eigenvalue weighted by Gasteiger charge is -2.09. The molecule has 1 heterocycles. The monoisotopic (exact) mass is 169 g/mol. The molecule has 1 rings (SSSR count). The van der Waals surface area contributed by atoms with Gasteiger partial charge in [0.05, 0.1) is 25.7 Å². The predicted octanol–water partition coefficient (Wildman–Crippen LogP) is 1.70. The first-order valence-corrected chi connectivity index (χ1v) is 3.60. The summed E-state index contributed by atoms with van der Waals surface area (Å²) in [6.45, 7) is 1.85. The Labute approximate surface area is 70.5 Å². The number of alkyl carbamates (subject to hydrolysis) is 1. The van der Waals surface area contributed by atoms with Crippen LogP contribution in [0.15, 0.2) is 23.0 Å². The molecule has 0 aromatic carbocycles. The lowest BCUT2D eigenvalue weighted by molar-refractivity contribution is 0.167. The van der Waals surface area contributed by atoms with Crippen LogP contribution in [0.1, 0.15) is 18.5 Å². The van der Waals surface area contributed by atoms with Crippen molar-refractivity contribution in [1.29, 1.82) is 0 Å². The molecule has 0 aliphatic carbocycles. The van der Waals surface area contributed by atoms with E-state index in [0.29, 0.717) is 0 Å². The van der Waals surface area contributed by atoms with Crippen molar-refractivity contribution in [2.45, 2.75) is 13.0 Å². The van der Waals surface area contributed by atoms with Crippen LogP contribution in [0.25, 0.3) is 0 Å². The maximum absolute atomic E-state index is 10.8. The standard InChI is InChI=1S/C8H11NO3/c1-6(9-8(10)11-2)7-3-4-12-5-7/h3-6H,1-2H3,(H,9,10). The Balaban J connectivity index is 2.49. The van der Waals surface area contributed by atoms with E-state index in [1.165, 1.54) is 7.11 Å². The van der Waals surface area contributed by atoms with E-state index in [1.807, 2.05) is 6.92 Å². The van der Waals surface area contributed by atoms with Crippen LogP contribution in [-0.4, -0.2) is 13.2 Å². The van der Waals surface area contributed by atoms with E-state index < -0.39 is 6.09 Å². The average Bonchev–Trinajstić information content (AvgIpc) is 2.56. The lowest BCUT2D eigenvalue weighted by Crippen LogP contribution is -2.25. The molecule has 4 nitrogen and oxygen atoms in total. The predicted molar refractivity (Wildman–Crippen MR) is 42.7 cm³/mol. The molecule has 4 heteroatoms. The van der Waals surface area contributed by atoms with Crippen LogP contribution >= 0.6 is 0 Å². The highest BCUT2D eigenvalue weighted by Crippen LogP contribution is 2.11. The van der Waals surface area contributed by atoms with E-state index in [-0.39, 0.29) is 6.04 Å². The number of hydrogen-bond donors (Lipinski definition) is 1. The summed E-state index contributed by atoms with van der Waals surface area (Å²) < 4.78 is 9.30. The first-order chi connectivity index (χ1) is 5.74. The molecular weight excluding hydrogens is 158 g/mol. The smallest absolute Gasteiger partial charge is 0.407 e. The second-order valence-electron chi connectivity index (χ2n) is 2.41. The Kier molecular flexibility index (Phi) is 2.74. The largest absolute Gasteiger partial charge is 0.472 e. The molecule has 0 saturated heterocycles. The molecule has 0 radical (unpaired) electrons. The molecule has 0 aliphatic heterocycles. The van der Waals surface area contributed by atoms with Crippen LogP contribution in [0.2, 0.25) is 0 Å². The van der Waals surface area contributed by atoms with Crippen LogP contribution in [0.5, 0.6) is 0 Å². The van der Waals surface area contributed by atoms with Gasteiger partial charge in [0.25, 0.3) is 0 Å². The van der Waals surface area contributed by atoms with Gasteiger partial charge in [-0.15, -0.1) is 0 Å². The number of methoxy groups -OCH3 is 1. The van der Waals surface area contributed by atoms with E-state index in [2.05, 4.69) is 10.1 Å². The van der Waals surface area contributed by atoms with Gasteiger partial charge < -0.3 is 14.5 Å². The van der Waals surface area contributed by atoms with E-state index >= 15 is 0 Å². The molecular formula is C8H11NO3. The number of hydrogen-bond acceptors (Lipinski definition) is 3. The molecule has 1 aromatic heterocycles. The normalized spacial score (nSPS) is 12.2. The Hall–Kier alpha value is -1.45. The SMILES string of the molecule is COC(=O)NC(C)c1ccoc1. The van der Waals surface area contributed by atoms with E-state index in [9.17, 15) is 4.79 Å². The minimum atomic E-state index is -0.441. The minimum Gasteiger partial charge on any atom is -0.472 e. The second-order valence-corrected chi connectivity index (χ2v) is 2.41. The Morgan fingerprint density at radius 1 is 1.75 bits per heavy atom. The summed E-state index contributed by atoms with van der Waals surface area (Å²) in [5, 5.41) is 2.61. The number of carbonyl (C=O) groups is 1. The maximum atomic E-state index is 10.8. The van der Waals surface area contributed by atoms with Crippen LogP contribution in [0, 0.1) is 0 Å². The third-order valence-corrected chi connectivity index (χ3v) is 1.56. The van der Waals surface area contributed by atoms with Crippen molar-refractivity contribution in [3.05, 3.63) is 24.2 Å². The second kappa shape index (κ2) is 3.80. The van der Waals surface area contributed by atoms with Gasteiger partial charge in [0.1, 0.15) is 0 Å². The molecule has 0 bridgehead atoms. The molecule has 0 fully saturated rings. The van der Waals surface area contributed by atoms with E-state index in [0.717, 1.165) is 5.56 Å². The lowest BCUT2D eigenvalue weighted by atomic mass is 10.2. The average molecular weight is 169 g/mol. The van der Waals surface area contributed by atoms with Gasteiger partial charge in [-0.05, 0) is 13.0 Å².